The number of alkyl carbamates (subject to hydrolysis) is 1. The summed E-state index contributed by atoms with van der Waals surface area (Å²) < 4.78 is 16.7. The molecule has 0 aliphatic rings. The summed E-state index contributed by atoms with van der Waals surface area (Å²) in [5, 5.41) is 2.75. The van der Waals surface area contributed by atoms with E-state index in [4.69, 9.17) is 14.2 Å². The first-order valence-corrected chi connectivity index (χ1v) is 10.8. The van der Waals surface area contributed by atoms with Crippen molar-refractivity contribution >= 4 is 6.09 Å². The summed E-state index contributed by atoms with van der Waals surface area (Å²) in [6, 6.07) is 10.5. The first-order chi connectivity index (χ1) is 13.9. The SMILES string of the molecule is CCCCOCCN(CCOCCCNC(=O)OC(C)(C)C)Cc1ccccc1. The van der Waals surface area contributed by atoms with Crippen molar-refractivity contribution in [2.24, 2.45) is 0 Å². The molecule has 0 unspecified atom stereocenters. The number of unbranched alkanes of at least 4 members (excludes halogenated alkanes) is 1. The van der Waals surface area contributed by atoms with Gasteiger partial charge in [-0.2, -0.15) is 0 Å². The molecule has 1 rings (SSSR count). The summed E-state index contributed by atoms with van der Waals surface area (Å²) >= 11 is 0. The van der Waals surface area contributed by atoms with E-state index >= 15 is 0 Å². The highest BCUT2D eigenvalue weighted by Gasteiger charge is 2.15. The van der Waals surface area contributed by atoms with Crippen molar-refractivity contribution < 1.29 is 19.0 Å². The Morgan fingerprint density at radius 3 is 2.17 bits per heavy atom. The molecule has 1 amide bonds. The Balaban J connectivity index is 2.20. The Bertz CT molecular complexity index is 531. The highest BCUT2D eigenvalue weighted by Crippen LogP contribution is 2.06. The van der Waals surface area contributed by atoms with Gasteiger partial charge in [0.25, 0.3) is 0 Å². The van der Waals surface area contributed by atoms with E-state index in [1.807, 2.05) is 26.8 Å². The lowest BCUT2D eigenvalue weighted by Crippen LogP contribution is -2.33. The molecule has 6 heteroatoms. The molecule has 0 heterocycles. The molecule has 0 saturated carbocycles. The van der Waals surface area contributed by atoms with Crippen LogP contribution in [0.25, 0.3) is 0 Å². The molecule has 1 N–H and O–H groups in total. The number of nitrogens with one attached hydrogen (secondary N) is 1. The monoisotopic (exact) mass is 408 g/mol. The molecule has 0 aromatic heterocycles. The quantitative estimate of drug-likeness (QED) is 0.440. The van der Waals surface area contributed by atoms with Crippen LogP contribution in [0, 0.1) is 0 Å². The Hall–Kier alpha value is -1.63. The van der Waals surface area contributed by atoms with E-state index in [9.17, 15) is 4.79 Å². The number of amides is 1. The predicted molar refractivity (Wildman–Crippen MR) is 117 cm³/mol. The molecule has 0 fully saturated rings. The summed E-state index contributed by atoms with van der Waals surface area (Å²) in [4.78, 5) is 13.9. The molecule has 0 spiro atoms. The Morgan fingerprint density at radius 1 is 0.966 bits per heavy atom. The van der Waals surface area contributed by atoms with Crippen molar-refractivity contribution in [3.8, 4) is 0 Å². The molecule has 29 heavy (non-hydrogen) atoms. The fourth-order valence-electron chi connectivity index (χ4n) is 2.63. The minimum Gasteiger partial charge on any atom is -0.444 e. The summed E-state index contributed by atoms with van der Waals surface area (Å²) in [6.45, 7) is 13.8. The van der Waals surface area contributed by atoms with Crippen molar-refractivity contribution in [3.63, 3.8) is 0 Å². The second kappa shape index (κ2) is 15.2. The van der Waals surface area contributed by atoms with Crippen LogP contribution in [0.4, 0.5) is 4.79 Å². The zero-order chi connectivity index (χ0) is 21.4. The van der Waals surface area contributed by atoms with Gasteiger partial charge in [-0.05, 0) is 39.2 Å². The van der Waals surface area contributed by atoms with Crippen LogP contribution in [0.3, 0.4) is 0 Å². The highest BCUT2D eigenvalue weighted by atomic mass is 16.6. The topological polar surface area (TPSA) is 60.0 Å². The summed E-state index contributed by atoms with van der Waals surface area (Å²) in [6.07, 6.45) is 2.65. The van der Waals surface area contributed by atoms with Crippen LogP contribution >= 0.6 is 0 Å². The van der Waals surface area contributed by atoms with Gasteiger partial charge in [0.15, 0.2) is 0 Å². The molecule has 0 radical (unpaired) electrons. The molecule has 166 valence electrons. The lowest BCUT2D eigenvalue weighted by atomic mass is 10.2. The molecule has 1 aromatic carbocycles. The minimum atomic E-state index is -0.469. The first-order valence-electron chi connectivity index (χ1n) is 10.8. The Labute approximate surface area is 176 Å². The predicted octanol–water partition coefficient (Wildman–Crippen LogP) is 4.24. The van der Waals surface area contributed by atoms with Gasteiger partial charge < -0.3 is 19.5 Å². The van der Waals surface area contributed by atoms with Gasteiger partial charge >= 0.3 is 6.09 Å². The summed E-state index contributed by atoms with van der Waals surface area (Å²) in [5.74, 6) is 0. The lowest BCUT2D eigenvalue weighted by Gasteiger charge is -2.22. The van der Waals surface area contributed by atoms with Crippen LogP contribution in [0.1, 0.15) is 52.5 Å². The third-order valence-electron chi connectivity index (χ3n) is 4.13. The standard InChI is InChI=1S/C23H40N2O4/c1-5-6-16-27-18-14-25(20-21-11-8-7-9-12-21)15-19-28-17-10-13-24-22(26)29-23(2,3)4/h7-9,11-12H,5-6,10,13-20H2,1-4H3,(H,24,26). The van der Waals surface area contributed by atoms with Crippen molar-refractivity contribution in [1.82, 2.24) is 10.2 Å². The van der Waals surface area contributed by atoms with Crippen molar-refractivity contribution in [1.29, 1.82) is 0 Å². The zero-order valence-corrected chi connectivity index (χ0v) is 18.7. The molecule has 0 bridgehead atoms. The van der Waals surface area contributed by atoms with Gasteiger partial charge in [0.2, 0.25) is 0 Å². The molecular weight excluding hydrogens is 368 g/mol. The van der Waals surface area contributed by atoms with Crippen LogP contribution in [0.2, 0.25) is 0 Å². The van der Waals surface area contributed by atoms with Crippen LogP contribution in [0.5, 0.6) is 0 Å². The number of carbonyl (C=O) groups excluding carboxylic acids is 1. The van der Waals surface area contributed by atoms with Gasteiger partial charge in [0.1, 0.15) is 5.60 Å². The summed E-state index contributed by atoms with van der Waals surface area (Å²) in [7, 11) is 0. The molecule has 0 aliphatic carbocycles. The first kappa shape index (κ1) is 25.4. The Morgan fingerprint density at radius 2 is 1.59 bits per heavy atom. The fourth-order valence-corrected chi connectivity index (χ4v) is 2.63. The minimum absolute atomic E-state index is 0.380. The van der Waals surface area contributed by atoms with E-state index in [1.54, 1.807) is 0 Å². The largest absolute Gasteiger partial charge is 0.444 e. The van der Waals surface area contributed by atoms with E-state index in [0.29, 0.717) is 19.8 Å². The third kappa shape index (κ3) is 14.9. The number of nitrogens with zero attached hydrogens (tertiary/aromatic N) is 1. The van der Waals surface area contributed by atoms with Crippen molar-refractivity contribution in [2.45, 2.75) is 59.1 Å². The maximum Gasteiger partial charge on any atom is 0.407 e. The highest BCUT2D eigenvalue weighted by molar-refractivity contribution is 5.67. The number of ether oxygens (including phenoxy) is 3. The van der Waals surface area contributed by atoms with Gasteiger partial charge in [-0.15, -0.1) is 0 Å². The normalized spacial score (nSPS) is 11.6. The van der Waals surface area contributed by atoms with E-state index < -0.39 is 5.60 Å². The van der Waals surface area contributed by atoms with Crippen LogP contribution in [0.15, 0.2) is 30.3 Å². The van der Waals surface area contributed by atoms with Gasteiger partial charge in [-0.1, -0.05) is 43.7 Å². The summed E-state index contributed by atoms with van der Waals surface area (Å²) in [5.41, 5.74) is 0.825. The molecule has 6 nitrogen and oxygen atoms in total. The van der Waals surface area contributed by atoms with Crippen LogP contribution < -0.4 is 5.32 Å². The molecule has 0 atom stereocenters. The maximum absolute atomic E-state index is 11.6. The average molecular weight is 409 g/mol. The van der Waals surface area contributed by atoms with Crippen molar-refractivity contribution in [3.05, 3.63) is 35.9 Å². The zero-order valence-electron chi connectivity index (χ0n) is 18.7. The van der Waals surface area contributed by atoms with E-state index in [0.717, 1.165) is 52.1 Å². The van der Waals surface area contributed by atoms with E-state index in [2.05, 4.69) is 41.4 Å². The van der Waals surface area contributed by atoms with Gasteiger partial charge in [0.05, 0.1) is 13.2 Å². The second-order valence-corrected chi connectivity index (χ2v) is 8.12. The number of carbonyl (C=O) groups is 1. The maximum atomic E-state index is 11.6. The number of hydrogen-bond donors (Lipinski definition) is 1. The fraction of sp³-hybridized carbons (Fsp3) is 0.696. The van der Waals surface area contributed by atoms with Crippen LogP contribution in [-0.2, 0) is 20.8 Å². The van der Waals surface area contributed by atoms with Crippen molar-refractivity contribution in [2.75, 3.05) is 46.1 Å². The number of hydrogen-bond acceptors (Lipinski definition) is 5. The number of rotatable bonds is 15. The van der Waals surface area contributed by atoms with E-state index in [-0.39, 0.29) is 6.09 Å². The molecular formula is C23H40N2O4. The molecule has 0 saturated heterocycles. The third-order valence-corrected chi connectivity index (χ3v) is 4.13. The Kier molecular flexibility index (Phi) is 13.4. The smallest absolute Gasteiger partial charge is 0.407 e. The van der Waals surface area contributed by atoms with Crippen LogP contribution in [-0.4, -0.2) is 62.7 Å². The molecule has 0 aliphatic heterocycles. The van der Waals surface area contributed by atoms with Gasteiger partial charge in [-0.3, -0.25) is 4.90 Å². The lowest BCUT2D eigenvalue weighted by molar-refractivity contribution is 0.0513. The molecule has 1 aromatic rings. The second-order valence-electron chi connectivity index (χ2n) is 8.12. The van der Waals surface area contributed by atoms with Gasteiger partial charge in [0, 0.05) is 39.4 Å². The average Bonchev–Trinajstić information content (AvgIpc) is 2.66. The van der Waals surface area contributed by atoms with Gasteiger partial charge in [-0.25, -0.2) is 4.79 Å². The van der Waals surface area contributed by atoms with E-state index in [1.165, 1.54) is 5.56 Å². The number of benzene rings is 1.